The molecule has 0 fully saturated rings. The Hall–Kier alpha value is -4.35. The smallest absolute Gasteiger partial charge is 0.872 e. The van der Waals surface area contributed by atoms with E-state index in [0.717, 1.165) is 21.5 Å². The normalized spacial score (nSPS) is 10.8. The molecular weight excluding hydrogens is 619 g/mol. The molecule has 0 bridgehead atoms. The Morgan fingerprint density at radius 3 is 1.20 bits per heavy atom. The molecule has 0 heterocycles. The van der Waals surface area contributed by atoms with Crippen LogP contribution in [0.1, 0.15) is 38.8 Å². The van der Waals surface area contributed by atoms with Crippen molar-refractivity contribution in [3.63, 3.8) is 0 Å². The molecule has 0 amide bonds. The van der Waals surface area contributed by atoms with E-state index in [0.29, 0.717) is 11.1 Å². The summed E-state index contributed by atoms with van der Waals surface area (Å²) in [4.78, 5) is 8.30. The molecule has 0 aliphatic heterocycles. The topological polar surface area (TPSA) is 199 Å². The van der Waals surface area contributed by atoms with Gasteiger partial charge in [-0.15, -0.1) is 0 Å². The molecule has 4 rings (SSSR count). The molecule has 0 spiro atoms. The van der Waals surface area contributed by atoms with Gasteiger partial charge < -0.3 is 30.6 Å². The van der Waals surface area contributed by atoms with E-state index in [2.05, 4.69) is 9.98 Å². The zero-order valence-electron chi connectivity index (χ0n) is 25.6. The summed E-state index contributed by atoms with van der Waals surface area (Å²) in [7, 11) is 0. The molecule has 240 valence electrons. The van der Waals surface area contributed by atoms with Crippen molar-refractivity contribution in [1.29, 1.82) is 10.5 Å². The third-order valence-electron chi connectivity index (χ3n) is 6.23. The first-order valence-corrected chi connectivity index (χ1v) is 13.6. The number of hydrogen-bond acceptors (Lipinski definition) is 10. The van der Waals surface area contributed by atoms with Crippen LogP contribution in [0, 0.1) is 22.7 Å². The van der Waals surface area contributed by atoms with E-state index in [9.17, 15) is 30.6 Å². The summed E-state index contributed by atoms with van der Waals surface area (Å²) in [5.41, 5.74) is -0.982. The largest absolute Gasteiger partial charge is 2.00 e. The second-order valence-electron chi connectivity index (χ2n) is 9.99. The predicted molar refractivity (Wildman–Crippen MR) is 170 cm³/mol. The Morgan fingerprint density at radius 2 is 0.911 bits per heavy atom. The summed E-state index contributed by atoms with van der Waals surface area (Å²) >= 11 is 0. The molecule has 0 saturated carbocycles. The minimum atomic E-state index is -0.969. The number of fused-ring (bicyclic) bond motifs is 2. The molecular formula is C34H38N4NiO6. The number of rotatable bonds is 8. The zero-order chi connectivity index (χ0) is 33.2. The van der Waals surface area contributed by atoms with Gasteiger partial charge in [-0.1, -0.05) is 84.3 Å². The SMILES string of the molecule is CC#N.CC#N.CC(CO)(CO)N=Cc1c([O-])ccc2ccccc12.CC(CO)(CO)N=Cc1c([O-])ccc2ccccc12.[Ni+2]. The van der Waals surface area contributed by atoms with Gasteiger partial charge in [0.25, 0.3) is 0 Å². The molecule has 0 unspecified atom stereocenters. The third kappa shape index (κ3) is 12.3. The molecule has 0 aromatic heterocycles. The summed E-state index contributed by atoms with van der Waals surface area (Å²) < 4.78 is 0. The van der Waals surface area contributed by atoms with Crippen molar-refractivity contribution in [1.82, 2.24) is 0 Å². The molecule has 45 heavy (non-hydrogen) atoms. The number of aliphatic hydroxyl groups is 4. The van der Waals surface area contributed by atoms with Gasteiger partial charge in [-0.2, -0.15) is 10.5 Å². The van der Waals surface area contributed by atoms with Gasteiger partial charge in [0.15, 0.2) is 0 Å². The minimum absolute atomic E-state index is 0. The fourth-order valence-electron chi connectivity index (χ4n) is 3.52. The molecule has 4 aromatic carbocycles. The molecule has 11 heteroatoms. The van der Waals surface area contributed by atoms with E-state index in [1.807, 2.05) is 48.5 Å². The van der Waals surface area contributed by atoms with Crippen molar-refractivity contribution < 1.29 is 47.1 Å². The summed E-state index contributed by atoms with van der Waals surface area (Å²) in [6, 6.07) is 25.1. The molecule has 0 saturated heterocycles. The Labute approximate surface area is 273 Å². The zero-order valence-corrected chi connectivity index (χ0v) is 26.6. The minimum Gasteiger partial charge on any atom is -0.872 e. The predicted octanol–water partition coefficient (Wildman–Crippen LogP) is 3.21. The van der Waals surface area contributed by atoms with E-state index in [1.54, 1.807) is 38.1 Å². The summed E-state index contributed by atoms with van der Waals surface area (Å²) in [6.07, 6.45) is 2.88. The van der Waals surface area contributed by atoms with Crippen LogP contribution < -0.4 is 10.2 Å². The van der Waals surface area contributed by atoms with Crippen molar-refractivity contribution in [2.45, 2.75) is 38.8 Å². The van der Waals surface area contributed by atoms with Gasteiger partial charge in [-0.3, -0.25) is 9.98 Å². The third-order valence-corrected chi connectivity index (χ3v) is 6.23. The number of nitriles is 2. The maximum atomic E-state index is 11.9. The first-order chi connectivity index (χ1) is 21.0. The van der Waals surface area contributed by atoms with Crippen molar-refractivity contribution in [3.8, 4) is 23.6 Å². The van der Waals surface area contributed by atoms with Crippen molar-refractivity contribution in [3.05, 3.63) is 83.9 Å². The van der Waals surface area contributed by atoms with Crippen LogP contribution in [0.5, 0.6) is 11.5 Å². The van der Waals surface area contributed by atoms with Crippen molar-refractivity contribution in [2.75, 3.05) is 26.4 Å². The fraction of sp³-hybridized carbons (Fsp3) is 0.294. The molecule has 0 atom stereocenters. The molecule has 0 radical (unpaired) electrons. The second-order valence-corrected chi connectivity index (χ2v) is 9.99. The molecule has 10 nitrogen and oxygen atoms in total. The van der Waals surface area contributed by atoms with Crippen LogP contribution in [-0.4, -0.2) is 70.4 Å². The second kappa shape index (κ2) is 20.6. The fourth-order valence-corrected chi connectivity index (χ4v) is 3.52. The van der Waals surface area contributed by atoms with Gasteiger partial charge in [-0.05, 0) is 46.5 Å². The summed E-state index contributed by atoms with van der Waals surface area (Å²) in [5.74, 6) is -0.249. The van der Waals surface area contributed by atoms with Crippen LogP contribution in [0.25, 0.3) is 21.5 Å². The number of aliphatic imine (C=N–C) groups is 2. The Morgan fingerprint density at radius 1 is 0.622 bits per heavy atom. The van der Waals surface area contributed by atoms with E-state index in [4.69, 9.17) is 10.5 Å². The Bertz CT molecular complexity index is 1500. The van der Waals surface area contributed by atoms with E-state index in [1.165, 1.54) is 38.4 Å². The van der Waals surface area contributed by atoms with Crippen LogP contribution in [0.3, 0.4) is 0 Å². The first kappa shape index (κ1) is 40.7. The maximum Gasteiger partial charge on any atom is 2.00 e. The van der Waals surface area contributed by atoms with Gasteiger partial charge in [0, 0.05) is 26.3 Å². The standard InChI is InChI=1S/2C15H17NO3.2C2H3N.Ni/c2*1-15(9-17,10-18)16-8-13-12-5-3-2-4-11(12)6-7-14(13)19;2*1-2-3;/h2*2-8,17-19H,9-10H2,1H3;2*1H3;/q;;;;+2/p-2. The van der Waals surface area contributed by atoms with Crippen molar-refractivity contribution >= 4 is 34.0 Å². The molecule has 0 aliphatic rings. The van der Waals surface area contributed by atoms with Gasteiger partial charge in [0.05, 0.1) is 38.6 Å². The van der Waals surface area contributed by atoms with Gasteiger partial charge >= 0.3 is 16.5 Å². The average Bonchev–Trinajstić information content (AvgIpc) is 3.04. The van der Waals surface area contributed by atoms with Gasteiger partial charge in [0.2, 0.25) is 0 Å². The van der Waals surface area contributed by atoms with E-state index >= 15 is 0 Å². The number of hydrogen-bond donors (Lipinski definition) is 4. The van der Waals surface area contributed by atoms with E-state index in [-0.39, 0.29) is 54.4 Å². The summed E-state index contributed by atoms with van der Waals surface area (Å²) in [5, 5.41) is 78.8. The van der Waals surface area contributed by atoms with Crippen LogP contribution in [-0.2, 0) is 16.5 Å². The maximum absolute atomic E-state index is 11.9. The molecule has 0 aliphatic carbocycles. The van der Waals surface area contributed by atoms with Gasteiger partial charge in [0.1, 0.15) is 11.1 Å². The Kier molecular flexibility index (Phi) is 18.6. The van der Waals surface area contributed by atoms with Gasteiger partial charge in [-0.25, -0.2) is 0 Å². The number of benzene rings is 4. The number of aliphatic hydroxyl groups excluding tert-OH is 4. The average molecular weight is 657 g/mol. The van der Waals surface area contributed by atoms with Crippen LogP contribution in [0.4, 0.5) is 0 Å². The van der Waals surface area contributed by atoms with E-state index < -0.39 is 11.1 Å². The van der Waals surface area contributed by atoms with Crippen LogP contribution in [0.15, 0.2) is 82.8 Å². The first-order valence-electron chi connectivity index (χ1n) is 13.6. The van der Waals surface area contributed by atoms with Crippen molar-refractivity contribution in [2.24, 2.45) is 9.98 Å². The number of nitrogens with zero attached hydrogens (tertiary/aromatic N) is 4. The quantitative estimate of drug-likeness (QED) is 0.164. The van der Waals surface area contributed by atoms with Crippen LogP contribution in [0.2, 0.25) is 0 Å². The summed E-state index contributed by atoms with van der Waals surface area (Å²) in [6.45, 7) is 4.99. The monoisotopic (exact) mass is 656 g/mol. The van der Waals surface area contributed by atoms with Crippen LogP contribution >= 0.6 is 0 Å². The Balaban J connectivity index is 0.000000719. The molecule has 4 aromatic rings. The molecule has 4 N–H and O–H groups in total.